The van der Waals surface area contributed by atoms with E-state index in [1.165, 1.54) is 4.90 Å². The number of carbonyl (C=O) groups is 1. The number of rotatable bonds is 8. The molecule has 1 amide bonds. The molecule has 0 fully saturated rings. The van der Waals surface area contributed by atoms with Crippen molar-refractivity contribution in [2.24, 2.45) is 0 Å². The van der Waals surface area contributed by atoms with Gasteiger partial charge in [-0.2, -0.15) is 8.78 Å². The molecule has 2 aromatic rings. The predicted octanol–water partition coefficient (Wildman–Crippen LogP) is 1.97. The van der Waals surface area contributed by atoms with Crippen LogP contribution in [0.5, 0.6) is 0 Å². The van der Waals surface area contributed by atoms with Crippen LogP contribution in [0, 0.1) is 0 Å². The highest BCUT2D eigenvalue weighted by atomic mass is 19.3. The van der Waals surface area contributed by atoms with Gasteiger partial charge in [-0.1, -0.05) is 12.1 Å². The number of para-hydroxylation sites is 2. The fourth-order valence-corrected chi connectivity index (χ4v) is 2.39. The van der Waals surface area contributed by atoms with E-state index < -0.39 is 6.55 Å². The Kier molecular flexibility index (Phi) is 6.22. The number of fused-ring (bicyclic) bond motifs is 1. The van der Waals surface area contributed by atoms with Gasteiger partial charge in [-0.15, -0.1) is 0 Å². The lowest BCUT2D eigenvalue weighted by molar-refractivity contribution is -0.130. The first-order chi connectivity index (χ1) is 11.4. The highest BCUT2D eigenvalue weighted by Gasteiger charge is 2.21. The minimum Gasteiger partial charge on any atom is -0.383 e. The molecule has 0 aliphatic carbocycles. The summed E-state index contributed by atoms with van der Waals surface area (Å²) in [6.07, 6.45) is 0. The first-order valence-electron chi connectivity index (χ1n) is 7.59. The van der Waals surface area contributed by atoms with Crippen molar-refractivity contribution in [3.05, 3.63) is 30.1 Å². The molecule has 0 atom stereocenters. The lowest BCUT2D eigenvalue weighted by Gasteiger charge is -2.23. The molecule has 8 heteroatoms. The summed E-state index contributed by atoms with van der Waals surface area (Å²) in [5.74, 6) is 0.125. The van der Waals surface area contributed by atoms with Gasteiger partial charge in [0.25, 0.3) is 0 Å². The standard InChI is InChI=1S/C16H22F2N4O2/c1-20(2)15(23)11-21(8-9-24-3)10-14-19-12-6-4-5-7-13(12)22(14)16(17)18/h4-7,16H,8-11H2,1-3H3. The first-order valence-corrected chi connectivity index (χ1v) is 7.59. The highest BCUT2D eigenvalue weighted by molar-refractivity contribution is 5.78. The Morgan fingerprint density at radius 2 is 2.04 bits per heavy atom. The Hall–Kier alpha value is -2.06. The number of likely N-dealkylation sites (N-methyl/N-ethyl adjacent to an activating group) is 1. The number of aromatic nitrogens is 2. The van der Waals surface area contributed by atoms with Crippen LogP contribution in [0.25, 0.3) is 11.0 Å². The van der Waals surface area contributed by atoms with Crippen molar-refractivity contribution in [3.63, 3.8) is 0 Å². The normalized spacial score (nSPS) is 11.6. The van der Waals surface area contributed by atoms with Gasteiger partial charge in [0.15, 0.2) is 0 Å². The first kappa shape index (κ1) is 18.3. The van der Waals surface area contributed by atoms with Gasteiger partial charge in [-0.05, 0) is 12.1 Å². The number of hydrogen-bond donors (Lipinski definition) is 0. The summed E-state index contributed by atoms with van der Waals surface area (Å²) in [7, 11) is 4.87. The molecule has 0 radical (unpaired) electrons. The van der Waals surface area contributed by atoms with Crippen molar-refractivity contribution >= 4 is 16.9 Å². The summed E-state index contributed by atoms with van der Waals surface area (Å²) in [5.41, 5.74) is 0.895. The molecule has 0 bridgehead atoms. The lowest BCUT2D eigenvalue weighted by atomic mass is 10.3. The zero-order chi connectivity index (χ0) is 17.7. The van der Waals surface area contributed by atoms with Gasteiger partial charge in [-0.25, -0.2) is 4.98 Å². The van der Waals surface area contributed by atoms with Crippen molar-refractivity contribution in [1.82, 2.24) is 19.4 Å². The number of ether oxygens (including phenoxy) is 1. The number of amides is 1. The van der Waals surface area contributed by atoms with Gasteiger partial charge in [0.1, 0.15) is 5.82 Å². The maximum absolute atomic E-state index is 13.5. The van der Waals surface area contributed by atoms with E-state index in [1.807, 2.05) is 0 Å². The minimum atomic E-state index is -2.69. The van der Waals surface area contributed by atoms with E-state index in [-0.39, 0.29) is 24.8 Å². The Bertz CT molecular complexity index is 688. The van der Waals surface area contributed by atoms with E-state index in [9.17, 15) is 13.6 Å². The molecule has 6 nitrogen and oxygen atoms in total. The van der Waals surface area contributed by atoms with Crippen LogP contribution >= 0.6 is 0 Å². The summed E-state index contributed by atoms with van der Waals surface area (Å²) in [4.78, 5) is 19.5. The third kappa shape index (κ3) is 4.27. The SMILES string of the molecule is COCCN(CC(=O)N(C)C)Cc1nc2ccccc2n1C(F)F. The molecular weight excluding hydrogens is 318 g/mol. The highest BCUT2D eigenvalue weighted by Crippen LogP contribution is 2.23. The maximum atomic E-state index is 13.5. The molecule has 0 spiro atoms. The minimum absolute atomic E-state index is 0.106. The monoisotopic (exact) mass is 340 g/mol. The smallest absolute Gasteiger partial charge is 0.320 e. The molecule has 1 heterocycles. The fourth-order valence-electron chi connectivity index (χ4n) is 2.39. The van der Waals surface area contributed by atoms with Crippen LogP contribution in [0.2, 0.25) is 0 Å². The molecular formula is C16H22F2N4O2. The number of benzene rings is 1. The summed E-state index contributed by atoms with van der Waals surface area (Å²) in [6.45, 7) is -1.59. The number of methoxy groups -OCH3 is 1. The Morgan fingerprint density at radius 1 is 1.33 bits per heavy atom. The van der Waals surface area contributed by atoms with E-state index in [2.05, 4.69) is 4.98 Å². The number of hydrogen-bond acceptors (Lipinski definition) is 4. The summed E-state index contributed by atoms with van der Waals surface area (Å²) < 4.78 is 32.9. The van der Waals surface area contributed by atoms with E-state index in [1.54, 1.807) is 50.4 Å². The molecule has 0 aliphatic heterocycles. The van der Waals surface area contributed by atoms with Gasteiger partial charge in [0, 0.05) is 27.7 Å². The van der Waals surface area contributed by atoms with Crippen molar-refractivity contribution in [2.75, 3.05) is 40.9 Å². The number of carbonyl (C=O) groups excluding carboxylic acids is 1. The van der Waals surface area contributed by atoms with E-state index >= 15 is 0 Å². The van der Waals surface area contributed by atoms with Crippen LogP contribution in [0.15, 0.2) is 24.3 Å². The molecule has 0 aliphatic rings. The molecule has 0 saturated carbocycles. The van der Waals surface area contributed by atoms with Crippen molar-refractivity contribution in [2.45, 2.75) is 13.1 Å². The second kappa shape index (κ2) is 8.16. The molecule has 2 rings (SSSR count). The molecule has 24 heavy (non-hydrogen) atoms. The van der Waals surface area contributed by atoms with E-state index in [0.717, 1.165) is 4.57 Å². The van der Waals surface area contributed by atoms with Crippen LogP contribution in [0.4, 0.5) is 8.78 Å². The quantitative estimate of drug-likeness (QED) is 0.737. The Morgan fingerprint density at radius 3 is 2.67 bits per heavy atom. The second-order valence-electron chi connectivity index (χ2n) is 5.66. The predicted molar refractivity (Wildman–Crippen MR) is 86.8 cm³/mol. The molecule has 132 valence electrons. The zero-order valence-electron chi connectivity index (χ0n) is 14.1. The molecule has 0 N–H and O–H groups in total. The summed E-state index contributed by atoms with van der Waals surface area (Å²) in [5, 5.41) is 0. The Labute approximate surface area is 139 Å². The van der Waals surface area contributed by atoms with Crippen LogP contribution in [0.3, 0.4) is 0 Å². The second-order valence-corrected chi connectivity index (χ2v) is 5.66. The Balaban J connectivity index is 2.28. The third-order valence-electron chi connectivity index (χ3n) is 3.70. The van der Waals surface area contributed by atoms with E-state index in [0.29, 0.717) is 24.2 Å². The van der Waals surface area contributed by atoms with Crippen molar-refractivity contribution < 1.29 is 18.3 Å². The van der Waals surface area contributed by atoms with Crippen molar-refractivity contribution in [1.29, 1.82) is 0 Å². The number of imidazole rings is 1. The van der Waals surface area contributed by atoms with Gasteiger partial charge in [-0.3, -0.25) is 14.3 Å². The average molecular weight is 340 g/mol. The van der Waals surface area contributed by atoms with Crippen molar-refractivity contribution in [3.8, 4) is 0 Å². The summed E-state index contributed by atoms with van der Waals surface area (Å²) >= 11 is 0. The number of halogens is 2. The summed E-state index contributed by atoms with van der Waals surface area (Å²) in [6, 6.07) is 6.77. The molecule has 1 aromatic heterocycles. The fraction of sp³-hybridized carbons (Fsp3) is 0.500. The van der Waals surface area contributed by atoms with Crippen LogP contribution < -0.4 is 0 Å². The van der Waals surface area contributed by atoms with E-state index in [4.69, 9.17) is 4.74 Å². The number of nitrogens with zero attached hydrogens (tertiary/aromatic N) is 4. The molecule has 0 unspecified atom stereocenters. The third-order valence-corrected chi connectivity index (χ3v) is 3.70. The number of alkyl halides is 2. The van der Waals surface area contributed by atoms with Crippen LogP contribution in [-0.4, -0.2) is 66.2 Å². The topological polar surface area (TPSA) is 50.6 Å². The largest absolute Gasteiger partial charge is 0.383 e. The van der Waals surface area contributed by atoms with Crippen LogP contribution in [-0.2, 0) is 16.1 Å². The maximum Gasteiger partial charge on any atom is 0.320 e. The van der Waals surface area contributed by atoms with Gasteiger partial charge in [0.2, 0.25) is 5.91 Å². The average Bonchev–Trinajstić information content (AvgIpc) is 2.90. The molecule has 0 saturated heterocycles. The zero-order valence-corrected chi connectivity index (χ0v) is 14.1. The van der Waals surface area contributed by atoms with Gasteiger partial charge >= 0.3 is 6.55 Å². The molecule has 1 aromatic carbocycles. The van der Waals surface area contributed by atoms with Gasteiger partial charge in [0.05, 0.1) is 30.7 Å². The van der Waals surface area contributed by atoms with Gasteiger partial charge < -0.3 is 9.64 Å². The lowest BCUT2D eigenvalue weighted by Crippen LogP contribution is -2.38. The van der Waals surface area contributed by atoms with Crippen LogP contribution in [0.1, 0.15) is 12.4 Å².